The summed E-state index contributed by atoms with van der Waals surface area (Å²) in [4.78, 5) is 22.8. The normalized spacial score (nSPS) is 13.4. The van der Waals surface area contributed by atoms with Crippen LogP contribution in [0.5, 0.6) is 5.75 Å². The number of nitrogens with one attached hydrogen (secondary N) is 1. The molecule has 1 rings (SSSR count). The zero-order valence-corrected chi connectivity index (χ0v) is 13.2. The first-order valence-electron chi connectivity index (χ1n) is 6.19. The van der Waals surface area contributed by atoms with Gasteiger partial charge in [-0.25, -0.2) is 0 Å². The van der Waals surface area contributed by atoms with Gasteiger partial charge in [0.15, 0.2) is 0 Å². The fourth-order valence-electron chi connectivity index (χ4n) is 1.70. The van der Waals surface area contributed by atoms with Crippen LogP contribution in [-0.2, 0) is 16.0 Å². The highest BCUT2D eigenvalue weighted by molar-refractivity contribution is 9.10. The van der Waals surface area contributed by atoms with E-state index in [1.807, 2.05) is 12.1 Å². The van der Waals surface area contributed by atoms with Crippen LogP contribution >= 0.6 is 15.9 Å². The number of amides is 1. The maximum absolute atomic E-state index is 12.0. The highest BCUT2D eigenvalue weighted by Crippen LogP contribution is 2.23. The molecular weight excluding hydrogens is 326 g/mol. The molecule has 2 unspecified atom stereocenters. The van der Waals surface area contributed by atoms with Crippen molar-refractivity contribution in [2.75, 3.05) is 7.11 Å². The number of rotatable bonds is 6. The van der Waals surface area contributed by atoms with Gasteiger partial charge in [0.1, 0.15) is 5.75 Å². The number of hydrogen-bond acceptors (Lipinski definition) is 3. The lowest BCUT2D eigenvalue weighted by molar-refractivity contribution is -0.142. The Morgan fingerprint density at radius 2 is 2.05 bits per heavy atom. The van der Waals surface area contributed by atoms with Gasteiger partial charge in [0.25, 0.3) is 0 Å². The Morgan fingerprint density at radius 3 is 2.60 bits per heavy atom. The minimum atomic E-state index is -0.933. The number of halogens is 1. The van der Waals surface area contributed by atoms with Crippen molar-refractivity contribution in [2.45, 2.75) is 26.3 Å². The third-order valence-corrected chi connectivity index (χ3v) is 3.61. The van der Waals surface area contributed by atoms with Gasteiger partial charge < -0.3 is 15.2 Å². The fourth-order valence-corrected chi connectivity index (χ4v) is 2.11. The molecule has 0 saturated carbocycles. The summed E-state index contributed by atoms with van der Waals surface area (Å²) < 4.78 is 6.05. The van der Waals surface area contributed by atoms with Gasteiger partial charge in [-0.1, -0.05) is 15.9 Å². The van der Waals surface area contributed by atoms with E-state index in [-0.39, 0.29) is 12.3 Å². The third-order valence-electron chi connectivity index (χ3n) is 3.12. The Hall–Kier alpha value is -1.56. The summed E-state index contributed by atoms with van der Waals surface area (Å²) in [5.41, 5.74) is 0.745. The highest BCUT2D eigenvalue weighted by Gasteiger charge is 2.21. The van der Waals surface area contributed by atoms with E-state index in [0.717, 1.165) is 10.0 Å². The summed E-state index contributed by atoms with van der Waals surface area (Å²) in [6.07, 6.45) is 0.138. The van der Waals surface area contributed by atoms with E-state index in [4.69, 9.17) is 9.84 Å². The Morgan fingerprint density at radius 1 is 1.40 bits per heavy atom. The first kappa shape index (κ1) is 16.5. The summed E-state index contributed by atoms with van der Waals surface area (Å²) >= 11 is 3.34. The number of carbonyl (C=O) groups excluding carboxylic acids is 1. The average Bonchev–Trinajstić information content (AvgIpc) is 2.37. The lowest BCUT2D eigenvalue weighted by Crippen LogP contribution is -2.40. The first-order valence-corrected chi connectivity index (χ1v) is 6.99. The van der Waals surface area contributed by atoms with Crippen LogP contribution in [0.1, 0.15) is 19.4 Å². The summed E-state index contributed by atoms with van der Waals surface area (Å²) in [6, 6.07) is 4.98. The van der Waals surface area contributed by atoms with Crippen LogP contribution in [0.15, 0.2) is 22.7 Å². The van der Waals surface area contributed by atoms with E-state index in [2.05, 4.69) is 21.2 Å². The van der Waals surface area contributed by atoms with E-state index < -0.39 is 17.9 Å². The standard InChI is InChI=1S/C14H18BrNO4/c1-8(14(18)19)9(2)16-13(17)7-10-6-11(15)4-5-12(10)20-3/h4-6,8-9H,7H2,1-3H3,(H,16,17)(H,18,19). The summed E-state index contributed by atoms with van der Waals surface area (Å²) in [5.74, 6) is -1.18. The summed E-state index contributed by atoms with van der Waals surface area (Å²) in [6.45, 7) is 3.24. The van der Waals surface area contributed by atoms with Crippen LogP contribution in [0.2, 0.25) is 0 Å². The predicted octanol–water partition coefficient (Wildman–Crippen LogP) is 2.23. The van der Waals surface area contributed by atoms with E-state index in [1.54, 1.807) is 27.0 Å². The maximum atomic E-state index is 12.0. The van der Waals surface area contributed by atoms with E-state index in [1.165, 1.54) is 0 Å². The number of hydrogen-bond donors (Lipinski definition) is 2. The predicted molar refractivity (Wildman–Crippen MR) is 78.8 cm³/mol. The summed E-state index contributed by atoms with van der Waals surface area (Å²) in [5, 5.41) is 11.6. The van der Waals surface area contributed by atoms with Crippen molar-refractivity contribution in [1.29, 1.82) is 0 Å². The first-order chi connectivity index (χ1) is 9.35. The lowest BCUT2D eigenvalue weighted by atomic mass is 10.0. The van der Waals surface area contributed by atoms with Gasteiger partial charge in [-0.15, -0.1) is 0 Å². The maximum Gasteiger partial charge on any atom is 0.308 e. The minimum Gasteiger partial charge on any atom is -0.496 e. The van der Waals surface area contributed by atoms with Crippen molar-refractivity contribution in [3.8, 4) is 5.75 Å². The Bertz CT molecular complexity index is 504. The van der Waals surface area contributed by atoms with Gasteiger partial charge in [-0.05, 0) is 32.0 Å². The van der Waals surface area contributed by atoms with Gasteiger partial charge in [0.2, 0.25) is 5.91 Å². The molecule has 0 aliphatic rings. The van der Waals surface area contributed by atoms with Crippen molar-refractivity contribution >= 4 is 27.8 Å². The van der Waals surface area contributed by atoms with Crippen LogP contribution in [0.3, 0.4) is 0 Å². The van der Waals surface area contributed by atoms with Crippen LogP contribution in [0, 0.1) is 5.92 Å². The van der Waals surface area contributed by atoms with Crippen molar-refractivity contribution < 1.29 is 19.4 Å². The molecule has 0 aromatic heterocycles. The molecule has 0 fully saturated rings. The molecule has 2 N–H and O–H groups in total. The molecule has 6 heteroatoms. The quantitative estimate of drug-likeness (QED) is 0.830. The molecule has 0 bridgehead atoms. The fraction of sp³-hybridized carbons (Fsp3) is 0.429. The SMILES string of the molecule is COc1ccc(Br)cc1CC(=O)NC(C)C(C)C(=O)O. The molecule has 110 valence electrons. The Labute approximate surface area is 126 Å². The van der Waals surface area contributed by atoms with Gasteiger partial charge in [-0.3, -0.25) is 9.59 Å². The molecule has 1 aromatic carbocycles. The van der Waals surface area contributed by atoms with Crippen molar-refractivity contribution in [3.63, 3.8) is 0 Å². The second-order valence-corrected chi connectivity index (χ2v) is 5.53. The molecule has 0 heterocycles. The zero-order chi connectivity index (χ0) is 15.3. The number of benzene rings is 1. The van der Waals surface area contributed by atoms with Crippen LogP contribution in [-0.4, -0.2) is 30.1 Å². The molecule has 1 amide bonds. The highest BCUT2D eigenvalue weighted by atomic mass is 79.9. The van der Waals surface area contributed by atoms with Gasteiger partial charge >= 0.3 is 5.97 Å². The van der Waals surface area contributed by atoms with E-state index in [0.29, 0.717) is 5.75 Å². The average molecular weight is 344 g/mol. The number of methoxy groups -OCH3 is 1. The van der Waals surface area contributed by atoms with Gasteiger partial charge in [0, 0.05) is 16.1 Å². The molecule has 5 nitrogen and oxygen atoms in total. The Kier molecular flexibility index (Phi) is 6.01. The minimum absolute atomic E-state index is 0.138. The van der Waals surface area contributed by atoms with Gasteiger partial charge in [-0.2, -0.15) is 0 Å². The van der Waals surface area contributed by atoms with E-state index in [9.17, 15) is 9.59 Å². The zero-order valence-electron chi connectivity index (χ0n) is 11.6. The third kappa shape index (κ3) is 4.52. The molecule has 0 aliphatic carbocycles. The number of aliphatic carboxylic acids is 1. The lowest BCUT2D eigenvalue weighted by Gasteiger charge is -2.18. The molecule has 0 aliphatic heterocycles. The molecule has 20 heavy (non-hydrogen) atoms. The van der Waals surface area contributed by atoms with Crippen LogP contribution < -0.4 is 10.1 Å². The number of carboxylic acid groups (broad SMARTS) is 1. The van der Waals surface area contributed by atoms with E-state index >= 15 is 0 Å². The molecule has 0 saturated heterocycles. The molecular formula is C14H18BrNO4. The summed E-state index contributed by atoms with van der Waals surface area (Å²) in [7, 11) is 1.54. The van der Waals surface area contributed by atoms with Crippen molar-refractivity contribution in [3.05, 3.63) is 28.2 Å². The van der Waals surface area contributed by atoms with Crippen LogP contribution in [0.25, 0.3) is 0 Å². The smallest absolute Gasteiger partial charge is 0.308 e. The second-order valence-electron chi connectivity index (χ2n) is 4.62. The molecule has 2 atom stereocenters. The van der Waals surface area contributed by atoms with Crippen LogP contribution in [0.4, 0.5) is 0 Å². The number of carbonyl (C=O) groups is 2. The number of ether oxygens (including phenoxy) is 1. The molecule has 0 radical (unpaired) electrons. The Balaban J connectivity index is 2.71. The largest absolute Gasteiger partial charge is 0.496 e. The molecule has 1 aromatic rings. The van der Waals surface area contributed by atoms with Gasteiger partial charge in [0.05, 0.1) is 19.4 Å². The van der Waals surface area contributed by atoms with Crippen molar-refractivity contribution in [1.82, 2.24) is 5.32 Å². The number of carboxylic acids is 1. The second kappa shape index (κ2) is 7.28. The molecule has 0 spiro atoms. The topological polar surface area (TPSA) is 75.6 Å². The monoisotopic (exact) mass is 343 g/mol. The van der Waals surface area contributed by atoms with Crippen molar-refractivity contribution in [2.24, 2.45) is 5.92 Å².